The summed E-state index contributed by atoms with van der Waals surface area (Å²) in [4.78, 5) is 22.6. The molecule has 0 aliphatic rings. The van der Waals surface area contributed by atoms with Gasteiger partial charge in [-0.25, -0.2) is 9.97 Å². The van der Waals surface area contributed by atoms with E-state index in [1.807, 2.05) is 18.2 Å². The van der Waals surface area contributed by atoms with Crippen molar-refractivity contribution in [3.05, 3.63) is 76.0 Å². The van der Waals surface area contributed by atoms with Gasteiger partial charge in [-0.2, -0.15) is 0 Å². The van der Waals surface area contributed by atoms with Gasteiger partial charge in [0.25, 0.3) is 0 Å². The van der Waals surface area contributed by atoms with Gasteiger partial charge in [0.15, 0.2) is 5.76 Å². The number of fused-ring (bicyclic) bond motifs is 2. The van der Waals surface area contributed by atoms with Gasteiger partial charge in [-0.1, -0.05) is 57.5 Å². The SMILES string of the molecule is Cc1ccc(-c2csc3ncnc(SCC(=O)c4cc5cc(Br)ccc5o4)c23)cc1. The van der Waals surface area contributed by atoms with Crippen LogP contribution in [0.1, 0.15) is 16.1 Å². The van der Waals surface area contributed by atoms with Crippen molar-refractivity contribution in [2.75, 3.05) is 5.75 Å². The highest BCUT2D eigenvalue weighted by molar-refractivity contribution is 9.10. The highest BCUT2D eigenvalue weighted by Crippen LogP contribution is 2.38. The van der Waals surface area contributed by atoms with Crippen LogP contribution >= 0.6 is 39.0 Å². The van der Waals surface area contributed by atoms with Crippen LogP contribution in [0, 0.1) is 6.92 Å². The molecule has 0 saturated heterocycles. The molecule has 3 heterocycles. The molecule has 0 fully saturated rings. The predicted molar refractivity (Wildman–Crippen MR) is 127 cm³/mol. The number of aryl methyl sites for hydroxylation is 1. The number of hydrogen-bond donors (Lipinski definition) is 0. The largest absolute Gasteiger partial charge is 0.453 e. The third-order valence-corrected chi connectivity index (χ3v) is 7.16. The average molecular weight is 495 g/mol. The van der Waals surface area contributed by atoms with Crippen molar-refractivity contribution in [2.24, 2.45) is 0 Å². The van der Waals surface area contributed by atoms with Crippen LogP contribution in [0.5, 0.6) is 0 Å². The molecule has 0 saturated carbocycles. The summed E-state index contributed by atoms with van der Waals surface area (Å²) < 4.78 is 6.69. The molecule has 3 aromatic heterocycles. The molecule has 5 aromatic rings. The molecule has 5 rings (SSSR count). The summed E-state index contributed by atoms with van der Waals surface area (Å²) in [5, 5.41) is 4.82. The molecular formula is C23H15BrN2O2S2. The summed E-state index contributed by atoms with van der Waals surface area (Å²) in [5.41, 5.74) is 4.14. The summed E-state index contributed by atoms with van der Waals surface area (Å²) in [6.45, 7) is 2.07. The van der Waals surface area contributed by atoms with Gasteiger partial charge >= 0.3 is 0 Å². The zero-order chi connectivity index (χ0) is 20.7. The Kier molecular flexibility index (Phi) is 5.18. The second kappa shape index (κ2) is 7.98. The molecule has 0 radical (unpaired) electrons. The number of ketones is 1. The van der Waals surface area contributed by atoms with Crippen LogP contribution in [0.3, 0.4) is 0 Å². The highest BCUT2D eigenvalue weighted by atomic mass is 79.9. The van der Waals surface area contributed by atoms with Gasteiger partial charge in [0.05, 0.1) is 11.1 Å². The Labute approximate surface area is 189 Å². The second-order valence-corrected chi connectivity index (χ2v) is 9.62. The third kappa shape index (κ3) is 3.69. The van der Waals surface area contributed by atoms with E-state index in [0.717, 1.165) is 36.2 Å². The van der Waals surface area contributed by atoms with Crippen LogP contribution in [-0.2, 0) is 0 Å². The lowest BCUT2D eigenvalue weighted by atomic mass is 10.1. The summed E-state index contributed by atoms with van der Waals surface area (Å²) in [6.07, 6.45) is 1.56. The Hall–Kier alpha value is -2.48. The standard InChI is InChI=1S/C23H15BrN2O2S2/c1-13-2-4-14(5-3-13)17-10-29-22-21(17)23(26-12-25-22)30-11-18(27)20-9-15-8-16(24)6-7-19(15)28-20/h2-10,12H,11H2,1H3. The number of carbonyl (C=O) groups is 1. The zero-order valence-corrected chi connectivity index (χ0v) is 19.1. The lowest BCUT2D eigenvalue weighted by Crippen LogP contribution is -2.01. The minimum atomic E-state index is -0.0637. The molecular weight excluding hydrogens is 480 g/mol. The Balaban J connectivity index is 1.44. The fraction of sp³-hybridized carbons (Fsp3) is 0.0870. The monoisotopic (exact) mass is 494 g/mol. The first-order chi connectivity index (χ1) is 14.6. The summed E-state index contributed by atoms with van der Waals surface area (Å²) >= 11 is 6.45. The number of aromatic nitrogens is 2. The number of Topliss-reactive ketones (excluding diaryl/α,β-unsaturated/α-hetero) is 1. The van der Waals surface area contributed by atoms with E-state index in [4.69, 9.17) is 4.42 Å². The molecule has 0 bridgehead atoms. The van der Waals surface area contributed by atoms with Crippen LogP contribution in [-0.4, -0.2) is 21.5 Å². The van der Waals surface area contributed by atoms with Crippen molar-refractivity contribution in [3.63, 3.8) is 0 Å². The lowest BCUT2D eigenvalue weighted by Gasteiger charge is -2.05. The number of halogens is 1. The van der Waals surface area contributed by atoms with Crippen molar-refractivity contribution >= 4 is 66.0 Å². The van der Waals surface area contributed by atoms with Gasteiger partial charge < -0.3 is 4.42 Å². The van der Waals surface area contributed by atoms with Crippen LogP contribution < -0.4 is 0 Å². The van der Waals surface area contributed by atoms with Crippen molar-refractivity contribution < 1.29 is 9.21 Å². The highest BCUT2D eigenvalue weighted by Gasteiger charge is 2.17. The van der Waals surface area contributed by atoms with E-state index >= 15 is 0 Å². The molecule has 0 amide bonds. The van der Waals surface area contributed by atoms with E-state index in [0.29, 0.717) is 11.3 Å². The van der Waals surface area contributed by atoms with Crippen molar-refractivity contribution in [1.29, 1.82) is 0 Å². The quantitative estimate of drug-likeness (QED) is 0.147. The fourth-order valence-electron chi connectivity index (χ4n) is 3.26. The molecule has 30 heavy (non-hydrogen) atoms. The van der Waals surface area contributed by atoms with Crippen molar-refractivity contribution in [2.45, 2.75) is 11.9 Å². The zero-order valence-electron chi connectivity index (χ0n) is 15.9. The number of thiophene rings is 1. The molecule has 2 aromatic carbocycles. The topological polar surface area (TPSA) is 56.0 Å². The Morgan fingerprint density at radius 3 is 2.80 bits per heavy atom. The first-order valence-electron chi connectivity index (χ1n) is 9.23. The van der Waals surface area contributed by atoms with E-state index in [9.17, 15) is 4.79 Å². The van der Waals surface area contributed by atoms with Gasteiger partial charge in [0.2, 0.25) is 5.78 Å². The molecule has 0 unspecified atom stereocenters. The van der Waals surface area contributed by atoms with Gasteiger partial charge in [0, 0.05) is 20.8 Å². The van der Waals surface area contributed by atoms with Gasteiger partial charge in [0.1, 0.15) is 21.8 Å². The van der Waals surface area contributed by atoms with E-state index < -0.39 is 0 Å². The van der Waals surface area contributed by atoms with Crippen LogP contribution in [0.15, 0.2) is 74.2 Å². The van der Waals surface area contributed by atoms with Gasteiger partial charge in [-0.05, 0) is 36.8 Å². The number of benzene rings is 2. The van der Waals surface area contributed by atoms with Crippen molar-refractivity contribution in [1.82, 2.24) is 9.97 Å². The van der Waals surface area contributed by atoms with Crippen molar-refractivity contribution in [3.8, 4) is 11.1 Å². The number of furan rings is 1. The van der Waals surface area contributed by atoms with Crippen LogP contribution in [0.4, 0.5) is 0 Å². The average Bonchev–Trinajstić information content (AvgIpc) is 3.37. The smallest absolute Gasteiger partial charge is 0.208 e. The van der Waals surface area contributed by atoms with E-state index in [2.05, 4.69) is 62.5 Å². The summed E-state index contributed by atoms with van der Waals surface area (Å²) in [7, 11) is 0. The predicted octanol–water partition coefficient (Wildman–Crippen LogP) is 7.15. The first kappa shape index (κ1) is 19.5. The minimum Gasteiger partial charge on any atom is -0.453 e. The van der Waals surface area contributed by atoms with Crippen LogP contribution in [0.25, 0.3) is 32.3 Å². The van der Waals surface area contributed by atoms with Gasteiger partial charge in [-0.3, -0.25) is 4.79 Å². The number of thioether (sulfide) groups is 1. The first-order valence-corrected chi connectivity index (χ1v) is 11.9. The molecule has 0 N–H and O–H groups in total. The number of hydrogen-bond acceptors (Lipinski definition) is 6. The molecule has 4 nitrogen and oxygen atoms in total. The Morgan fingerprint density at radius 1 is 1.13 bits per heavy atom. The van der Waals surface area contributed by atoms with Crippen LogP contribution in [0.2, 0.25) is 0 Å². The molecule has 0 aliphatic heterocycles. The maximum atomic E-state index is 12.8. The lowest BCUT2D eigenvalue weighted by molar-refractivity contribution is 0.0994. The van der Waals surface area contributed by atoms with E-state index in [1.54, 1.807) is 23.7 Å². The third-order valence-electron chi connectivity index (χ3n) is 4.79. The fourth-order valence-corrected chi connectivity index (χ4v) is 5.50. The number of nitrogens with zero attached hydrogens (tertiary/aromatic N) is 2. The number of rotatable bonds is 5. The molecule has 148 valence electrons. The van der Waals surface area contributed by atoms with E-state index in [1.165, 1.54) is 17.3 Å². The molecule has 0 spiro atoms. The second-order valence-electron chi connectivity index (χ2n) is 6.88. The minimum absolute atomic E-state index is 0.0637. The molecule has 0 aliphatic carbocycles. The summed E-state index contributed by atoms with van der Waals surface area (Å²) in [6, 6.07) is 15.9. The molecule has 7 heteroatoms. The maximum Gasteiger partial charge on any atom is 0.208 e. The molecule has 0 atom stereocenters. The Bertz CT molecular complexity index is 1390. The Morgan fingerprint density at radius 2 is 1.97 bits per heavy atom. The number of carbonyl (C=O) groups excluding carboxylic acids is 1. The normalized spacial score (nSPS) is 11.4. The maximum absolute atomic E-state index is 12.8. The summed E-state index contributed by atoms with van der Waals surface area (Å²) in [5.74, 6) is 0.548. The van der Waals surface area contributed by atoms with E-state index in [-0.39, 0.29) is 11.5 Å². The van der Waals surface area contributed by atoms with Gasteiger partial charge in [-0.15, -0.1) is 11.3 Å².